The fourth-order valence-corrected chi connectivity index (χ4v) is 7.09. The fourth-order valence-electron chi connectivity index (χ4n) is 6.85. The van der Waals surface area contributed by atoms with Gasteiger partial charge in [0.1, 0.15) is 6.10 Å². The quantitative estimate of drug-likeness (QED) is 0.222. The molecule has 0 aromatic carbocycles. The molecule has 0 N–H and O–H groups in total. The minimum atomic E-state index is -0.932. The Morgan fingerprint density at radius 2 is 1.89 bits per heavy atom. The van der Waals surface area contributed by atoms with E-state index in [4.69, 9.17) is 30.5 Å². The van der Waals surface area contributed by atoms with Gasteiger partial charge in [-0.3, -0.25) is 14.5 Å². The SMILES string of the molecule is C=C[C@H](Oc1nc(C(=O)C2CCC[C@@]3(CCCCC34OCCO4)C2=O)nc(Cl)c1OC)[C@@H]1CCCN1C. The molecule has 2 saturated carbocycles. The Balaban J connectivity index is 1.44. The van der Waals surface area contributed by atoms with E-state index in [2.05, 4.69) is 21.4 Å². The van der Waals surface area contributed by atoms with Crippen LogP contribution in [0.4, 0.5) is 0 Å². The van der Waals surface area contributed by atoms with E-state index < -0.39 is 22.9 Å². The number of Topliss-reactive ketones (excluding diaryl/α,β-unsaturated/α-hetero) is 2. The van der Waals surface area contributed by atoms with Gasteiger partial charge in [0.05, 0.1) is 37.7 Å². The molecule has 2 aliphatic carbocycles. The Morgan fingerprint density at radius 1 is 1.16 bits per heavy atom. The highest BCUT2D eigenvalue weighted by molar-refractivity contribution is 6.31. The number of aromatic nitrogens is 2. The number of methoxy groups -OCH3 is 1. The molecule has 2 aliphatic heterocycles. The number of halogens is 1. The molecule has 4 atom stereocenters. The third-order valence-electron chi connectivity index (χ3n) is 8.70. The van der Waals surface area contributed by atoms with Gasteiger partial charge in [-0.15, -0.1) is 0 Å². The molecule has 1 unspecified atom stereocenters. The predicted octanol–water partition coefficient (Wildman–Crippen LogP) is 4.02. The Bertz CT molecular complexity index is 1060. The highest BCUT2D eigenvalue weighted by Crippen LogP contribution is 2.56. The maximum Gasteiger partial charge on any atom is 0.263 e. The number of hydrogen-bond donors (Lipinski definition) is 0. The van der Waals surface area contributed by atoms with Crippen molar-refractivity contribution in [2.24, 2.45) is 11.3 Å². The average molecular weight is 534 g/mol. The molecule has 0 radical (unpaired) electrons. The summed E-state index contributed by atoms with van der Waals surface area (Å²) in [7, 11) is 3.49. The topological polar surface area (TPSA) is 100 Å². The fraction of sp³-hybridized carbons (Fsp3) is 0.704. The van der Waals surface area contributed by atoms with Gasteiger partial charge >= 0.3 is 0 Å². The number of carbonyl (C=O) groups excluding carboxylic acids is 2. The number of hydrogen-bond acceptors (Lipinski definition) is 9. The van der Waals surface area contributed by atoms with E-state index in [0.717, 1.165) is 38.6 Å². The van der Waals surface area contributed by atoms with E-state index in [0.29, 0.717) is 38.9 Å². The van der Waals surface area contributed by atoms with Gasteiger partial charge in [0.15, 0.2) is 16.7 Å². The van der Waals surface area contributed by atoms with Crippen LogP contribution in [0.5, 0.6) is 11.6 Å². The van der Waals surface area contributed by atoms with Gasteiger partial charge in [-0.05, 0) is 58.2 Å². The molecule has 2 saturated heterocycles. The number of carbonyl (C=O) groups is 2. The second kappa shape index (κ2) is 10.6. The van der Waals surface area contributed by atoms with E-state index in [-0.39, 0.29) is 40.5 Å². The number of rotatable bonds is 7. The van der Waals surface area contributed by atoms with Crippen LogP contribution in [0.2, 0.25) is 5.15 Å². The molecule has 4 fully saturated rings. The lowest BCUT2D eigenvalue weighted by atomic mass is 9.57. The first kappa shape index (κ1) is 26.5. The van der Waals surface area contributed by atoms with Crippen LogP contribution >= 0.6 is 11.6 Å². The van der Waals surface area contributed by atoms with Crippen LogP contribution in [0.1, 0.15) is 68.4 Å². The highest BCUT2D eigenvalue weighted by Gasteiger charge is 2.63. The standard InChI is InChI=1S/C27H36ClN3O6/c1-4-19(18-10-8-14-31(18)2)37-25-21(34-3)23(28)29-24(30-25)20(32)17-9-7-12-26(22(17)33)11-5-6-13-27(26)35-15-16-36-27/h4,17-19H,1,5-16H2,2-3H3/t17?,18-,19-,26-/m0/s1. The van der Waals surface area contributed by atoms with Crippen molar-refractivity contribution >= 4 is 23.2 Å². The smallest absolute Gasteiger partial charge is 0.263 e. The molecule has 4 aliphatic rings. The molecule has 9 nitrogen and oxygen atoms in total. The van der Waals surface area contributed by atoms with Gasteiger partial charge in [0.2, 0.25) is 17.4 Å². The predicted molar refractivity (Wildman–Crippen MR) is 136 cm³/mol. The normalized spacial score (nSPS) is 30.5. The molecule has 0 bridgehead atoms. The third kappa shape index (κ3) is 4.47. The number of nitrogens with zero attached hydrogens (tertiary/aromatic N) is 3. The summed E-state index contributed by atoms with van der Waals surface area (Å²) in [6.45, 7) is 5.83. The van der Waals surface area contributed by atoms with Crippen molar-refractivity contribution in [3.63, 3.8) is 0 Å². The first-order chi connectivity index (χ1) is 17.9. The summed E-state index contributed by atoms with van der Waals surface area (Å²) in [6.07, 6.45) is 8.32. The van der Waals surface area contributed by atoms with E-state index >= 15 is 0 Å². The molecule has 37 heavy (non-hydrogen) atoms. The molecule has 1 aromatic rings. The number of fused-ring (bicyclic) bond motifs is 1. The second-order valence-corrected chi connectivity index (χ2v) is 11.0. The Hall–Kier alpha value is -2.07. The molecule has 3 heterocycles. The molecule has 10 heteroatoms. The third-order valence-corrected chi connectivity index (χ3v) is 8.95. The summed E-state index contributed by atoms with van der Waals surface area (Å²) in [5.74, 6) is -2.31. The van der Waals surface area contributed by atoms with Crippen molar-refractivity contribution in [1.29, 1.82) is 0 Å². The van der Waals surface area contributed by atoms with Crippen molar-refractivity contribution in [2.45, 2.75) is 75.7 Å². The minimum absolute atomic E-state index is 0.0343. The zero-order chi connectivity index (χ0) is 26.2. The van der Waals surface area contributed by atoms with Crippen LogP contribution in [0.15, 0.2) is 12.7 Å². The minimum Gasteiger partial charge on any atom is -0.489 e. The van der Waals surface area contributed by atoms with Crippen molar-refractivity contribution < 1.29 is 28.5 Å². The van der Waals surface area contributed by atoms with Crippen LogP contribution in [0.25, 0.3) is 0 Å². The summed E-state index contributed by atoms with van der Waals surface area (Å²) in [6, 6.07) is 0.115. The number of ether oxygens (including phenoxy) is 4. The first-order valence-electron chi connectivity index (χ1n) is 13.3. The molecule has 5 rings (SSSR count). The molecule has 202 valence electrons. The molecular weight excluding hydrogens is 498 g/mol. The largest absolute Gasteiger partial charge is 0.489 e. The monoisotopic (exact) mass is 533 g/mol. The van der Waals surface area contributed by atoms with Crippen molar-refractivity contribution in [3.05, 3.63) is 23.6 Å². The first-order valence-corrected chi connectivity index (χ1v) is 13.7. The van der Waals surface area contributed by atoms with Gasteiger partial charge in [-0.2, -0.15) is 4.98 Å². The van der Waals surface area contributed by atoms with Gasteiger partial charge in [0.25, 0.3) is 5.88 Å². The molecule has 0 amide bonds. The lowest BCUT2D eigenvalue weighted by Gasteiger charge is -2.51. The summed E-state index contributed by atoms with van der Waals surface area (Å²) < 4.78 is 23.8. The lowest BCUT2D eigenvalue weighted by molar-refractivity contribution is -0.255. The molecule has 1 aromatic heterocycles. The van der Waals surface area contributed by atoms with Crippen LogP contribution in [0.3, 0.4) is 0 Å². The highest BCUT2D eigenvalue weighted by atomic mass is 35.5. The van der Waals surface area contributed by atoms with E-state index in [1.165, 1.54) is 7.11 Å². The Morgan fingerprint density at radius 3 is 2.57 bits per heavy atom. The van der Waals surface area contributed by atoms with Crippen LogP contribution in [-0.2, 0) is 14.3 Å². The zero-order valence-electron chi connectivity index (χ0n) is 21.7. The number of ketones is 2. The zero-order valence-corrected chi connectivity index (χ0v) is 22.4. The van der Waals surface area contributed by atoms with Gasteiger partial charge < -0.3 is 18.9 Å². The van der Waals surface area contributed by atoms with Gasteiger partial charge in [-0.25, -0.2) is 4.98 Å². The van der Waals surface area contributed by atoms with E-state index in [1.54, 1.807) is 6.08 Å². The van der Waals surface area contributed by atoms with Crippen LogP contribution in [-0.4, -0.2) is 78.3 Å². The van der Waals surface area contributed by atoms with Crippen molar-refractivity contribution in [3.8, 4) is 11.6 Å². The van der Waals surface area contributed by atoms with Crippen LogP contribution in [0, 0.1) is 11.3 Å². The summed E-state index contributed by atoms with van der Waals surface area (Å²) in [5.41, 5.74) is -0.823. The lowest BCUT2D eigenvalue weighted by Crippen LogP contribution is -2.60. The maximum atomic E-state index is 14.1. The van der Waals surface area contributed by atoms with Crippen molar-refractivity contribution in [1.82, 2.24) is 14.9 Å². The van der Waals surface area contributed by atoms with E-state index in [1.807, 2.05) is 7.05 Å². The summed E-state index contributed by atoms with van der Waals surface area (Å²) >= 11 is 6.44. The van der Waals surface area contributed by atoms with Crippen LogP contribution < -0.4 is 9.47 Å². The molecule has 2 spiro atoms. The number of likely N-dealkylation sites (tertiary alicyclic amines) is 1. The molecular formula is C27H36ClN3O6. The average Bonchev–Trinajstić information content (AvgIpc) is 3.55. The van der Waals surface area contributed by atoms with Crippen molar-refractivity contribution in [2.75, 3.05) is 33.9 Å². The van der Waals surface area contributed by atoms with E-state index in [9.17, 15) is 9.59 Å². The van der Waals surface area contributed by atoms with Gasteiger partial charge in [0, 0.05) is 6.42 Å². The van der Waals surface area contributed by atoms with Gasteiger partial charge in [-0.1, -0.05) is 31.0 Å². The maximum absolute atomic E-state index is 14.1. The number of likely N-dealkylation sites (N-methyl/N-ethyl adjacent to an activating group) is 1. The summed E-state index contributed by atoms with van der Waals surface area (Å²) in [4.78, 5) is 38.7. The Kier molecular flexibility index (Phi) is 7.60. The summed E-state index contributed by atoms with van der Waals surface area (Å²) in [5, 5.41) is -0.0343. The Labute approximate surface area is 222 Å². The second-order valence-electron chi connectivity index (χ2n) is 10.6.